The van der Waals surface area contributed by atoms with Gasteiger partial charge in [-0.05, 0) is 77.8 Å². The zero-order valence-electron chi connectivity index (χ0n) is 29.1. The maximum atomic E-state index is 8.74. The van der Waals surface area contributed by atoms with Crippen molar-refractivity contribution >= 4 is 10.4 Å². The number of nitrogens with zero attached hydrogens (tertiary/aromatic N) is 2. The van der Waals surface area contributed by atoms with E-state index in [1.807, 2.05) is 0 Å². The van der Waals surface area contributed by atoms with Gasteiger partial charge in [-0.1, -0.05) is 155 Å². The first-order valence-corrected chi connectivity index (χ1v) is 20.4. The van der Waals surface area contributed by atoms with Crippen LogP contribution in [0.15, 0.2) is 0 Å². The first-order valence-electron chi connectivity index (χ1n) is 19.0. The monoisotopic (exact) mass is 633 g/mol. The average molecular weight is 633 g/mol. The third kappa shape index (κ3) is 37.9. The largest absolute Gasteiger partial charge is 0.394 e. The van der Waals surface area contributed by atoms with E-state index in [2.05, 4.69) is 23.6 Å². The molecule has 0 saturated carbocycles. The van der Waals surface area contributed by atoms with E-state index in [9.17, 15) is 0 Å². The molecule has 2 aliphatic heterocycles. The van der Waals surface area contributed by atoms with E-state index < -0.39 is 10.4 Å². The number of rotatable bonds is 24. The van der Waals surface area contributed by atoms with Gasteiger partial charge in [0.1, 0.15) is 0 Å². The molecule has 0 aromatic rings. The Morgan fingerprint density at radius 1 is 0.395 bits per heavy atom. The Bertz CT molecular complexity index is 587. The van der Waals surface area contributed by atoms with Crippen molar-refractivity contribution in [3.8, 4) is 0 Å². The predicted molar refractivity (Wildman–Crippen MR) is 188 cm³/mol. The van der Waals surface area contributed by atoms with E-state index in [1.54, 1.807) is 0 Å². The van der Waals surface area contributed by atoms with Crippen LogP contribution in [0.4, 0.5) is 0 Å². The molecular weight excluding hydrogens is 556 g/mol. The molecule has 0 atom stereocenters. The molecule has 2 fully saturated rings. The highest BCUT2D eigenvalue weighted by Crippen LogP contribution is 2.15. The van der Waals surface area contributed by atoms with Crippen LogP contribution in [-0.2, 0) is 10.4 Å². The van der Waals surface area contributed by atoms with Crippen LogP contribution in [-0.4, -0.2) is 66.6 Å². The molecule has 0 spiro atoms. The second kappa shape index (κ2) is 33.2. The molecule has 2 N–H and O–H groups in total. The van der Waals surface area contributed by atoms with Crippen molar-refractivity contribution in [2.24, 2.45) is 0 Å². The van der Waals surface area contributed by atoms with Crippen molar-refractivity contribution in [2.45, 2.75) is 194 Å². The summed E-state index contributed by atoms with van der Waals surface area (Å²) in [7, 11) is -4.67. The highest BCUT2D eigenvalue weighted by molar-refractivity contribution is 7.79. The van der Waals surface area contributed by atoms with Crippen molar-refractivity contribution in [1.82, 2.24) is 9.80 Å². The van der Waals surface area contributed by atoms with Gasteiger partial charge in [0.15, 0.2) is 0 Å². The first kappa shape index (κ1) is 42.8. The maximum Gasteiger partial charge on any atom is 0.394 e. The van der Waals surface area contributed by atoms with Crippen LogP contribution in [0.5, 0.6) is 0 Å². The number of hydrogen-bond donors (Lipinski definition) is 2. The summed E-state index contributed by atoms with van der Waals surface area (Å²) in [5, 5.41) is 0. The van der Waals surface area contributed by atoms with Crippen molar-refractivity contribution < 1.29 is 17.5 Å². The van der Waals surface area contributed by atoms with Gasteiger partial charge in [-0.15, -0.1) is 0 Å². The zero-order chi connectivity index (χ0) is 31.7. The lowest BCUT2D eigenvalue weighted by molar-refractivity contribution is 0.224. The van der Waals surface area contributed by atoms with Crippen LogP contribution in [0.25, 0.3) is 0 Å². The lowest BCUT2D eigenvalue weighted by Gasteiger charge is -2.26. The highest BCUT2D eigenvalue weighted by Gasteiger charge is 2.09. The van der Waals surface area contributed by atoms with Gasteiger partial charge >= 0.3 is 10.4 Å². The summed E-state index contributed by atoms with van der Waals surface area (Å²) < 4.78 is 31.6. The van der Waals surface area contributed by atoms with Gasteiger partial charge in [0.25, 0.3) is 0 Å². The number of likely N-dealkylation sites (tertiary alicyclic amines) is 2. The zero-order valence-corrected chi connectivity index (χ0v) is 29.9. The summed E-state index contributed by atoms with van der Waals surface area (Å²) >= 11 is 0. The van der Waals surface area contributed by atoms with Crippen molar-refractivity contribution in [3.63, 3.8) is 0 Å². The van der Waals surface area contributed by atoms with Crippen molar-refractivity contribution in [2.75, 3.05) is 39.3 Å². The van der Waals surface area contributed by atoms with Crippen LogP contribution in [0, 0.1) is 0 Å². The molecule has 2 saturated heterocycles. The molecule has 43 heavy (non-hydrogen) atoms. The number of piperidine rings is 2. The van der Waals surface area contributed by atoms with Gasteiger partial charge in [-0.25, -0.2) is 0 Å². The second-order valence-corrected chi connectivity index (χ2v) is 14.2. The van der Waals surface area contributed by atoms with Crippen LogP contribution >= 0.6 is 0 Å². The highest BCUT2D eigenvalue weighted by atomic mass is 32.3. The fourth-order valence-electron chi connectivity index (χ4n) is 6.37. The fourth-order valence-corrected chi connectivity index (χ4v) is 6.37. The summed E-state index contributed by atoms with van der Waals surface area (Å²) in [6, 6.07) is 0. The van der Waals surface area contributed by atoms with Gasteiger partial charge in [0.2, 0.25) is 0 Å². The second-order valence-electron chi connectivity index (χ2n) is 13.3. The molecule has 2 rings (SSSR count). The van der Waals surface area contributed by atoms with Crippen LogP contribution < -0.4 is 0 Å². The molecule has 2 heterocycles. The topological polar surface area (TPSA) is 81.1 Å². The number of unbranched alkanes of at least 4 members (excludes halogenated alkanes) is 20. The van der Waals surface area contributed by atoms with Gasteiger partial charge < -0.3 is 9.80 Å². The Morgan fingerprint density at radius 2 is 0.605 bits per heavy atom. The molecular formula is C36H76N2O4S. The summed E-state index contributed by atoms with van der Waals surface area (Å²) in [6.45, 7) is 12.8. The summed E-state index contributed by atoms with van der Waals surface area (Å²) in [5.41, 5.74) is 0. The Labute approximate surface area is 270 Å². The number of hydrogen-bond acceptors (Lipinski definition) is 4. The molecule has 0 radical (unpaired) electrons. The summed E-state index contributed by atoms with van der Waals surface area (Å²) in [6.07, 6.45) is 40.8. The Hall–Kier alpha value is -0.210. The molecule has 0 unspecified atom stereocenters. The summed E-state index contributed by atoms with van der Waals surface area (Å²) in [4.78, 5) is 5.36. The lowest BCUT2D eigenvalue weighted by atomic mass is 10.1. The van der Waals surface area contributed by atoms with Gasteiger partial charge in [0.05, 0.1) is 0 Å². The third-order valence-corrected chi connectivity index (χ3v) is 9.05. The molecule has 2 aliphatic rings. The van der Waals surface area contributed by atoms with Crippen LogP contribution in [0.1, 0.15) is 194 Å². The summed E-state index contributed by atoms with van der Waals surface area (Å²) in [5.74, 6) is 0. The third-order valence-electron chi connectivity index (χ3n) is 9.05. The minimum atomic E-state index is -4.67. The van der Waals surface area contributed by atoms with E-state index in [-0.39, 0.29) is 0 Å². The van der Waals surface area contributed by atoms with Gasteiger partial charge in [0, 0.05) is 0 Å². The standard InChI is InChI=1S/2C18H37N.H2O4S/c2*1-2-3-4-5-6-7-8-9-10-11-13-16-19-17-14-12-15-18-19;1-5(2,3)4/h2*2-18H2,1H3;(H2,1,2,3,4). The molecule has 0 amide bonds. The molecule has 0 aliphatic carbocycles. The van der Waals surface area contributed by atoms with Gasteiger partial charge in [-0.2, -0.15) is 8.42 Å². The average Bonchev–Trinajstić information content (AvgIpc) is 2.99. The van der Waals surface area contributed by atoms with Crippen LogP contribution in [0.3, 0.4) is 0 Å². The molecule has 0 aromatic heterocycles. The SMILES string of the molecule is CCCCCCCCCCCCCN1CCCCC1.CCCCCCCCCCCCCN1CCCCC1.O=S(=O)(O)O. The smallest absolute Gasteiger partial charge is 0.303 e. The van der Waals surface area contributed by atoms with E-state index in [1.165, 1.54) is 219 Å². The first-order chi connectivity index (χ1) is 20.9. The van der Waals surface area contributed by atoms with E-state index in [4.69, 9.17) is 17.5 Å². The lowest BCUT2D eigenvalue weighted by Crippen LogP contribution is -2.30. The minimum Gasteiger partial charge on any atom is -0.303 e. The molecule has 0 bridgehead atoms. The van der Waals surface area contributed by atoms with Crippen molar-refractivity contribution in [1.29, 1.82) is 0 Å². The molecule has 7 heteroatoms. The Kier molecular flexibility index (Phi) is 33.0. The minimum absolute atomic E-state index is 1.37. The molecule has 260 valence electrons. The Balaban J connectivity index is 0.000000709. The Morgan fingerprint density at radius 3 is 0.837 bits per heavy atom. The fraction of sp³-hybridized carbons (Fsp3) is 1.00. The maximum absolute atomic E-state index is 8.74. The van der Waals surface area contributed by atoms with E-state index in [0.717, 1.165) is 0 Å². The van der Waals surface area contributed by atoms with Crippen molar-refractivity contribution in [3.05, 3.63) is 0 Å². The molecule has 6 nitrogen and oxygen atoms in total. The van der Waals surface area contributed by atoms with Gasteiger partial charge in [-0.3, -0.25) is 9.11 Å². The van der Waals surface area contributed by atoms with E-state index >= 15 is 0 Å². The van der Waals surface area contributed by atoms with E-state index in [0.29, 0.717) is 0 Å². The molecule has 0 aromatic carbocycles. The quantitative estimate of drug-likeness (QED) is 0.0814. The predicted octanol–water partition coefficient (Wildman–Crippen LogP) is 10.9. The van der Waals surface area contributed by atoms with Crippen LogP contribution in [0.2, 0.25) is 0 Å². The normalized spacial score (nSPS) is 16.3.